The molecule has 3 aromatic rings. The average Bonchev–Trinajstić information content (AvgIpc) is 3.62. The molecule has 3 aromatic carbocycles. The van der Waals surface area contributed by atoms with Gasteiger partial charge in [0.15, 0.2) is 6.61 Å². The second kappa shape index (κ2) is 8.65. The summed E-state index contributed by atoms with van der Waals surface area (Å²) < 4.78 is 5.59. The van der Waals surface area contributed by atoms with Gasteiger partial charge in [0.2, 0.25) is 5.91 Å². The maximum Gasteiger partial charge on any atom is 0.276 e. The quantitative estimate of drug-likeness (QED) is 0.551. The molecule has 1 fully saturated rings. The predicted molar refractivity (Wildman–Crippen MR) is 113 cm³/mol. The Bertz CT molecular complexity index is 1090. The fraction of sp³-hybridized carbons (Fsp3) is 0.174. The van der Waals surface area contributed by atoms with Gasteiger partial charge in [0, 0.05) is 22.6 Å². The number of hydrogen-bond donors (Lipinski definition) is 3. The van der Waals surface area contributed by atoms with E-state index < -0.39 is 11.8 Å². The highest BCUT2D eigenvalue weighted by Crippen LogP contribution is 2.30. The Balaban J connectivity index is 1.26. The molecule has 0 unspecified atom stereocenters. The maximum atomic E-state index is 12.2. The minimum atomic E-state index is -0.482. The fourth-order valence-corrected chi connectivity index (χ4v) is 2.99. The van der Waals surface area contributed by atoms with Gasteiger partial charge in [-0.05, 0) is 48.6 Å². The number of nitrogens with one attached hydrogen (secondary N) is 3. The standard InChI is InChI=1S/C23H21N3O4/c27-21(14-30-20-7-3-5-15-4-1-2-6-19(15)20)25-26-23(29)17-10-12-18(13-11-17)24-22(28)16-8-9-16/h1-7,10-13,16H,8-9,14H2,(H,24,28)(H,25,27)(H,26,29). The number of hydrazine groups is 1. The highest BCUT2D eigenvalue weighted by molar-refractivity contribution is 5.97. The topological polar surface area (TPSA) is 96.5 Å². The lowest BCUT2D eigenvalue weighted by Crippen LogP contribution is -2.43. The van der Waals surface area contributed by atoms with E-state index in [9.17, 15) is 14.4 Å². The molecule has 1 aliphatic rings. The van der Waals surface area contributed by atoms with E-state index in [2.05, 4.69) is 16.2 Å². The van der Waals surface area contributed by atoms with Crippen molar-refractivity contribution in [3.05, 3.63) is 72.3 Å². The van der Waals surface area contributed by atoms with Crippen LogP contribution < -0.4 is 20.9 Å². The van der Waals surface area contributed by atoms with Crippen LogP contribution in [0.3, 0.4) is 0 Å². The molecule has 1 saturated carbocycles. The number of ether oxygens (including phenoxy) is 1. The largest absolute Gasteiger partial charge is 0.483 e. The van der Waals surface area contributed by atoms with Gasteiger partial charge < -0.3 is 10.1 Å². The van der Waals surface area contributed by atoms with Gasteiger partial charge in [0.05, 0.1) is 0 Å². The summed E-state index contributed by atoms with van der Waals surface area (Å²) in [6, 6.07) is 19.8. The molecule has 1 aliphatic carbocycles. The zero-order chi connectivity index (χ0) is 20.9. The van der Waals surface area contributed by atoms with Gasteiger partial charge in [-0.2, -0.15) is 0 Å². The van der Waals surface area contributed by atoms with Crippen molar-refractivity contribution >= 4 is 34.2 Å². The Labute approximate surface area is 173 Å². The zero-order valence-corrected chi connectivity index (χ0v) is 16.2. The van der Waals surface area contributed by atoms with E-state index in [0.29, 0.717) is 17.0 Å². The van der Waals surface area contributed by atoms with Crippen LogP contribution in [0.1, 0.15) is 23.2 Å². The molecule has 0 saturated heterocycles. The highest BCUT2D eigenvalue weighted by atomic mass is 16.5. The molecule has 7 nitrogen and oxygen atoms in total. The number of fused-ring (bicyclic) bond motifs is 1. The van der Waals surface area contributed by atoms with Crippen molar-refractivity contribution < 1.29 is 19.1 Å². The summed E-state index contributed by atoms with van der Waals surface area (Å²) in [4.78, 5) is 36.0. The lowest BCUT2D eigenvalue weighted by Gasteiger charge is -2.11. The van der Waals surface area contributed by atoms with Crippen molar-refractivity contribution in [2.24, 2.45) is 5.92 Å². The molecule has 0 bridgehead atoms. The first-order valence-corrected chi connectivity index (χ1v) is 9.71. The SMILES string of the molecule is O=C(COc1cccc2ccccc12)NNC(=O)c1ccc(NC(=O)C2CC2)cc1. The Morgan fingerprint density at radius 1 is 0.867 bits per heavy atom. The summed E-state index contributed by atoms with van der Waals surface area (Å²) in [6.45, 7) is -0.236. The van der Waals surface area contributed by atoms with Crippen molar-refractivity contribution in [2.45, 2.75) is 12.8 Å². The minimum Gasteiger partial charge on any atom is -0.483 e. The molecular formula is C23H21N3O4. The monoisotopic (exact) mass is 403 g/mol. The van der Waals surface area contributed by atoms with Crippen LogP contribution in [0.25, 0.3) is 10.8 Å². The van der Waals surface area contributed by atoms with Crippen molar-refractivity contribution in [3.8, 4) is 5.75 Å². The van der Waals surface area contributed by atoms with E-state index in [0.717, 1.165) is 23.6 Å². The molecule has 30 heavy (non-hydrogen) atoms. The molecule has 0 radical (unpaired) electrons. The molecule has 3 amide bonds. The van der Waals surface area contributed by atoms with Crippen LogP contribution in [0.4, 0.5) is 5.69 Å². The summed E-state index contributed by atoms with van der Waals surface area (Å²) >= 11 is 0. The van der Waals surface area contributed by atoms with E-state index in [1.807, 2.05) is 36.4 Å². The average molecular weight is 403 g/mol. The first kappa shape index (κ1) is 19.4. The third kappa shape index (κ3) is 4.75. The Morgan fingerprint density at radius 3 is 2.37 bits per heavy atom. The Morgan fingerprint density at radius 2 is 1.60 bits per heavy atom. The van der Waals surface area contributed by atoms with Gasteiger partial charge in [0.25, 0.3) is 11.8 Å². The van der Waals surface area contributed by atoms with Crippen LogP contribution >= 0.6 is 0 Å². The highest BCUT2D eigenvalue weighted by Gasteiger charge is 2.29. The molecule has 0 heterocycles. The Kier molecular flexibility index (Phi) is 5.61. The third-order valence-corrected chi connectivity index (χ3v) is 4.79. The van der Waals surface area contributed by atoms with Gasteiger partial charge >= 0.3 is 0 Å². The molecular weight excluding hydrogens is 382 g/mol. The van der Waals surface area contributed by atoms with Gasteiger partial charge in [-0.3, -0.25) is 25.2 Å². The van der Waals surface area contributed by atoms with E-state index in [1.165, 1.54) is 0 Å². The normalized spacial score (nSPS) is 12.8. The molecule has 0 aliphatic heterocycles. The summed E-state index contributed by atoms with van der Waals surface area (Å²) in [5, 5.41) is 4.73. The summed E-state index contributed by atoms with van der Waals surface area (Å²) in [5.41, 5.74) is 5.68. The molecule has 0 spiro atoms. The molecule has 4 rings (SSSR count). The van der Waals surface area contributed by atoms with Crippen molar-refractivity contribution in [3.63, 3.8) is 0 Å². The number of rotatable bonds is 6. The maximum absolute atomic E-state index is 12.2. The van der Waals surface area contributed by atoms with E-state index in [4.69, 9.17) is 4.74 Å². The van der Waals surface area contributed by atoms with Crippen LogP contribution in [0.2, 0.25) is 0 Å². The summed E-state index contributed by atoms with van der Waals surface area (Å²) in [5.74, 6) is -0.235. The smallest absolute Gasteiger partial charge is 0.276 e. The second-order valence-corrected chi connectivity index (χ2v) is 7.11. The molecule has 3 N–H and O–H groups in total. The molecule has 152 valence electrons. The minimum absolute atomic E-state index is 0.00524. The van der Waals surface area contributed by atoms with Crippen LogP contribution in [0.5, 0.6) is 5.75 Å². The number of carbonyl (C=O) groups excluding carboxylic acids is 3. The molecule has 0 atom stereocenters. The first-order chi connectivity index (χ1) is 14.6. The summed E-state index contributed by atoms with van der Waals surface area (Å²) in [7, 11) is 0. The number of anilines is 1. The van der Waals surface area contributed by atoms with Gasteiger partial charge in [-0.1, -0.05) is 36.4 Å². The number of hydrogen-bond acceptors (Lipinski definition) is 4. The van der Waals surface area contributed by atoms with E-state index >= 15 is 0 Å². The number of benzene rings is 3. The summed E-state index contributed by atoms with van der Waals surface area (Å²) in [6.07, 6.45) is 1.85. The number of amides is 3. The predicted octanol–water partition coefficient (Wildman–Crippen LogP) is 3.03. The van der Waals surface area contributed by atoms with Crippen molar-refractivity contribution in [1.29, 1.82) is 0 Å². The van der Waals surface area contributed by atoms with Crippen LogP contribution in [-0.2, 0) is 9.59 Å². The van der Waals surface area contributed by atoms with E-state index in [1.54, 1.807) is 30.3 Å². The number of carbonyl (C=O) groups is 3. The molecule has 7 heteroatoms. The van der Waals surface area contributed by atoms with Crippen molar-refractivity contribution in [2.75, 3.05) is 11.9 Å². The van der Waals surface area contributed by atoms with Gasteiger partial charge in [-0.25, -0.2) is 0 Å². The van der Waals surface area contributed by atoms with Crippen LogP contribution in [0, 0.1) is 5.92 Å². The van der Waals surface area contributed by atoms with Crippen LogP contribution in [0.15, 0.2) is 66.7 Å². The lowest BCUT2D eigenvalue weighted by atomic mass is 10.1. The fourth-order valence-electron chi connectivity index (χ4n) is 2.99. The Hall–Kier alpha value is -3.87. The molecule has 0 aromatic heterocycles. The first-order valence-electron chi connectivity index (χ1n) is 9.71. The zero-order valence-electron chi connectivity index (χ0n) is 16.2. The third-order valence-electron chi connectivity index (χ3n) is 4.79. The van der Waals surface area contributed by atoms with Gasteiger partial charge in [0.1, 0.15) is 5.75 Å². The second-order valence-electron chi connectivity index (χ2n) is 7.11. The van der Waals surface area contributed by atoms with Gasteiger partial charge in [-0.15, -0.1) is 0 Å². The van der Waals surface area contributed by atoms with E-state index in [-0.39, 0.29) is 18.4 Å². The van der Waals surface area contributed by atoms with Crippen LogP contribution in [-0.4, -0.2) is 24.3 Å². The lowest BCUT2D eigenvalue weighted by molar-refractivity contribution is -0.123. The van der Waals surface area contributed by atoms with Crippen molar-refractivity contribution in [1.82, 2.24) is 10.9 Å².